The van der Waals surface area contributed by atoms with E-state index in [-0.39, 0.29) is 11.9 Å². The van der Waals surface area contributed by atoms with Gasteiger partial charge in [-0.3, -0.25) is 4.79 Å². The van der Waals surface area contributed by atoms with E-state index in [1.807, 2.05) is 42.8 Å². The minimum Gasteiger partial charge on any atom is -0.328 e. The number of aryl methyl sites for hydroxylation is 1. The number of thioether (sulfide) groups is 1. The second-order valence-corrected chi connectivity index (χ2v) is 9.54. The van der Waals surface area contributed by atoms with Gasteiger partial charge in [0, 0.05) is 11.4 Å². The first-order valence-corrected chi connectivity index (χ1v) is 11.9. The lowest BCUT2D eigenvalue weighted by atomic mass is 9.92. The number of rotatable bonds is 6. The quantitative estimate of drug-likeness (QED) is 0.471. The summed E-state index contributed by atoms with van der Waals surface area (Å²) in [5.41, 5.74) is 5.54. The van der Waals surface area contributed by atoms with Gasteiger partial charge in [0.05, 0.1) is 5.57 Å². The summed E-state index contributed by atoms with van der Waals surface area (Å²) in [5, 5.41) is 11.8. The number of nitrogens with one attached hydrogen (secondary N) is 2. The van der Waals surface area contributed by atoms with Gasteiger partial charge in [-0.05, 0) is 54.3 Å². The summed E-state index contributed by atoms with van der Waals surface area (Å²) in [6.07, 6.45) is 0. The van der Waals surface area contributed by atoms with Crippen molar-refractivity contribution in [1.82, 2.24) is 14.8 Å². The van der Waals surface area contributed by atoms with Crippen LogP contribution in [-0.4, -0.2) is 26.4 Å². The molecule has 1 atom stereocenters. The van der Waals surface area contributed by atoms with Crippen molar-refractivity contribution < 1.29 is 4.79 Å². The first-order valence-electron chi connectivity index (χ1n) is 10.9. The van der Waals surface area contributed by atoms with E-state index in [9.17, 15) is 4.79 Å². The fraction of sp³-hybridized carbons (Fsp3) is 0.320. The van der Waals surface area contributed by atoms with Gasteiger partial charge in [-0.25, -0.2) is 4.68 Å². The van der Waals surface area contributed by atoms with Crippen LogP contribution in [0.1, 0.15) is 56.3 Å². The SMILES string of the molecule is CCSc1nc2n(n1)C(c1ccc(C(C)C)cc1)C(C(=O)Nc1cccc(C)c1)=C(C)N2. The largest absolute Gasteiger partial charge is 0.328 e. The van der Waals surface area contributed by atoms with E-state index in [1.54, 1.807) is 11.8 Å². The lowest BCUT2D eigenvalue weighted by Gasteiger charge is -2.29. The van der Waals surface area contributed by atoms with Crippen molar-refractivity contribution in [2.75, 3.05) is 16.4 Å². The van der Waals surface area contributed by atoms with Gasteiger partial charge in [0.15, 0.2) is 0 Å². The number of hydrogen-bond acceptors (Lipinski definition) is 5. The molecular weight excluding hydrogens is 418 g/mol. The Morgan fingerprint density at radius 1 is 1.19 bits per heavy atom. The zero-order valence-electron chi connectivity index (χ0n) is 19.1. The number of hydrogen-bond donors (Lipinski definition) is 2. The molecule has 0 saturated carbocycles. The van der Waals surface area contributed by atoms with E-state index in [0.717, 1.165) is 28.3 Å². The average molecular weight is 448 g/mol. The van der Waals surface area contributed by atoms with Crippen LogP contribution < -0.4 is 10.6 Å². The van der Waals surface area contributed by atoms with E-state index < -0.39 is 0 Å². The number of aromatic nitrogens is 3. The van der Waals surface area contributed by atoms with Crippen molar-refractivity contribution >= 4 is 29.3 Å². The van der Waals surface area contributed by atoms with Crippen LogP contribution in [0, 0.1) is 6.92 Å². The van der Waals surface area contributed by atoms with Gasteiger partial charge in [0.1, 0.15) is 6.04 Å². The van der Waals surface area contributed by atoms with Crippen LogP contribution in [0.15, 0.2) is 65.0 Å². The van der Waals surface area contributed by atoms with Crippen molar-refractivity contribution in [3.8, 4) is 0 Å². The first-order chi connectivity index (χ1) is 15.4. The Morgan fingerprint density at radius 3 is 2.59 bits per heavy atom. The van der Waals surface area contributed by atoms with E-state index in [0.29, 0.717) is 22.6 Å². The van der Waals surface area contributed by atoms with Crippen LogP contribution in [0.3, 0.4) is 0 Å². The average Bonchev–Trinajstić information content (AvgIpc) is 3.15. The molecule has 3 aromatic rings. The molecule has 0 aliphatic carbocycles. The van der Waals surface area contributed by atoms with Crippen molar-refractivity contribution in [1.29, 1.82) is 0 Å². The first kappa shape index (κ1) is 22.1. The van der Waals surface area contributed by atoms with Crippen LogP contribution in [0.4, 0.5) is 11.6 Å². The maximum atomic E-state index is 13.5. The van der Waals surface area contributed by atoms with Crippen LogP contribution in [0.2, 0.25) is 0 Å². The Hall–Kier alpha value is -3.06. The summed E-state index contributed by atoms with van der Waals surface area (Å²) in [4.78, 5) is 18.2. The monoisotopic (exact) mass is 447 g/mol. The Labute approximate surface area is 193 Å². The molecule has 1 unspecified atom stereocenters. The number of nitrogens with zero attached hydrogens (tertiary/aromatic N) is 3. The molecule has 0 saturated heterocycles. The third kappa shape index (κ3) is 4.43. The summed E-state index contributed by atoms with van der Waals surface area (Å²) < 4.78 is 1.83. The smallest absolute Gasteiger partial charge is 0.255 e. The van der Waals surface area contributed by atoms with Gasteiger partial charge < -0.3 is 10.6 Å². The summed E-state index contributed by atoms with van der Waals surface area (Å²) in [6.45, 7) is 10.4. The molecule has 2 N–H and O–H groups in total. The van der Waals surface area contributed by atoms with Gasteiger partial charge in [-0.15, -0.1) is 5.10 Å². The van der Waals surface area contributed by atoms with Gasteiger partial charge in [0.25, 0.3) is 5.91 Å². The molecule has 0 bridgehead atoms. The number of carbonyl (C=O) groups is 1. The molecule has 0 spiro atoms. The highest BCUT2D eigenvalue weighted by atomic mass is 32.2. The van der Waals surface area contributed by atoms with Crippen molar-refractivity contribution in [2.24, 2.45) is 0 Å². The number of benzene rings is 2. The number of amides is 1. The summed E-state index contributed by atoms with van der Waals surface area (Å²) in [5.74, 6) is 1.82. The van der Waals surface area contributed by atoms with Crippen molar-refractivity contribution in [2.45, 2.75) is 51.7 Å². The highest BCUT2D eigenvalue weighted by molar-refractivity contribution is 7.99. The third-order valence-corrected chi connectivity index (χ3v) is 6.27. The van der Waals surface area contributed by atoms with E-state index in [1.165, 1.54) is 5.56 Å². The molecule has 7 heteroatoms. The topological polar surface area (TPSA) is 71.8 Å². The Morgan fingerprint density at radius 2 is 1.94 bits per heavy atom. The molecule has 166 valence electrons. The van der Waals surface area contributed by atoms with Crippen LogP contribution in [0.5, 0.6) is 0 Å². The van der Waals surface area contributed by atoms with E-state index in [4.69, 9.17) is 5.10 Å². The second kappa shape index (κ2) is 9.20. The lowest BCUT2D eigenvalue weighted by molar-refractivity contribution is -0.113. The fourth-order valence-corrected chi connectivity index (χ4v) is 4.46. The summed E-state index contributed by atoms with van der Waals surface area (Å²) >= 11 is 1.59. The van der Waals surface area contributed by atoms with Crippen LogP contribution in [-0.2, 0) is 4.79 Å². The standard InChI is InChI=1S/C25H29N5OS/c1-6-32-25-28-24-26-17(5)21(23(31)27-20-9-7-8-16(4)14-20)22(30(24)29-25)19-12-10-18(11-13-19)15(2)3/h7-15,22H,6H2,1-5H3,(H,27,31)(H,26,28,29). The number of anilines is 2. The second-order valence-electron chi connectivity index (χ2n) is 8.31. The Kier molecular flexibility index (Phi) is 6.37. The van der Waals surface area contributed by atoms with E-state index in [2.05, 4.69) is 60.7 Å². The van der Waals surface area contributed by atoms with Gasteiger partial charge in [-0.1, -0.05) is 68.9 Å². The number of carbonyl (C=O) groups excluding carboxylic acids is 1. The van der Waals surface area contributed by atoms with Crippen molar-refractivity contribution in [3.05, 3.63) is 76.5 Å². The fourth-order valence-electron chi connectivity index (χ4n) is 3.91. The lowest BCUT2D eigenvalue weighted by Crippen LogP contribution is -2.31. The number of allylic oxidation sites excluding steroid dienone is 1. The molecule has 1 aliphatic heterocycles. The molecule has 0 radical (unpaired) electrons. The Bertz CT molecular complexity index is 1160. The molecule has 32 heavy (non-hydrogen) atoms. The maximum absolute atomic E-state index is 13.5. The zero-order chi connectivity index (χ0) is 22.8. The minimum absolute atomic E-state index is 0.149. The van der Waals surface area contributed by atoms with Crippen molar-refractivity contribution in [3.63, 3.8) is 0 Å². The number of fused-ring (bicyclic) bond motifs is 1. The predicted molar refractivity (Wildman–Crippen MR) is 131 cm³/mol. The molecule has 6 nitrogen and oxygen atoms in total. The van der Waals surface area contributed by atoms with Gasteiger partial charge in [0.2, 0.25) is 11.1 Å². The summed E-state index contributed by atoms with van der Waals surface area (Å²) in [6, 6.07) is 15.9. The third-order valence-electron chi connectivity index (χ3n) is 5.55. The zero-order valence-corrected chi connectivity index (χ0v) is 20.0. The molecule has 2 heterocycles. The maximum Gasteiger partial charge on any atom is 0.255 e. The molecular formula is C25H29N5OS. The molecule has 1 amide bonds. The molecule has 4 rings (SSSR count). The normalized spacial score (nSPS) is 15.5. The summed E-state index contributed by atoms with van der Waals surface area (Å²) in [7, 11) is 0. The minimum atomic E-state index is -0.365. The molecule has 1 aromatic heterocycles. The van der Waals surface area contributed by atoms with E-state index >= 15 is 0 Å². The molecule has 0 fully saturated rings. The Balaban J connectivity index is 1.77. The van der Waals surface area contributed by atoms with Crippen LogP contribution >= 0.6 is 11.8 Å². The molecule has 1 aliphatic rings. The van der Waals surface area contributed by atoms with Crippen LogP contribution in [0.25, 0.3) is 0 Å². The predicted octanol–water partition coefficient (Wildman–Crippen LogP) is 5.75. The van der Waals surface area contributed by atoms with Gasteiger partial charge in [-0.2, -0.15) is 4.98 Å². The highest BCUT2D eigenvalue weighted by Crippen LogP contribution is 2.37. The van der Waals surface area contributed by atoms with Gasteiger partial charge >= 0.3 is 0 Å². The highest BCUT2D eigenvalue weighted by Gasteiger charge is 2.34. The molecule has 2 aromatic carbocycles.